The number of nitrogens with zero attached hydrogens (tertiary/aromatic N) is 1. The van der Waals surface area contributed by atoms with E-state index < -0.39 is 11.2 Å². The lowest BCUT2D eigenvalue weighted by molar-refractivity contribution is -0.131. The minimum Gasteiger partial charge on any atom is -0.356 e. The third-order valence-electron chi connectivity index (χ3n) is 2.45. The Bertz CT molecular complexity index is 313. The number of nitrogens with one attached hydrogen (secondary N) is 1. The van der Waals surface area contributed by atoms with Crippen molar-refractivity contribution in [3.63, 3.8) is 0 Å². The van der Waals surface area contributed by atoms with E-state index in [2.05, 4.69) is 5.32 Å². The Labute approximate surface area is 117 Å². The monoisotopic (exact) mass is 292 g/mol. The lowest BCUT2D eigenvalue weighted by atomic mass is 10.2. The molecule has 0 rings (SSSR count). The first-order valence-corrected chi connectivity index (χ1v) is 6.93. The lowest BCUT2D eigenvalue weighted by Crippen LogP contribution is -2.37. The van der Waals surface area contributed by atoms with Crippen LogP contribution in [0.3, 0.4) is 0 Å². The molecular weight excluding hydrogens is 271 g/mol. The predicted molar refractivity (Wildman–Crippen MR) is 73.3 cm³/mol. The Balaban J connectivity index is 4.08. The summed E-state index contributed by atoms with van der Waals surface area (Å²) in [7, 11) is 1.49. The third-order valence-corrected chi connectivity index (χ3v) is 3.06. The molecule has 0 aromatic rings. The van der Waals surface area contributed by atoms with E-state index in [1.807, 2.05) is 13.8 Å². The van der Waals surface area contributed by atoms with Crippen molar-refractivity contribution in [3.8, 4) is 0 Å². The van der Waals surface area contributed by atoms with Crippen molar-refractivity contribution in [1.29, 1.82) is 0 Å². The van der Waals surface area contributed by atoms with Crippen LogP contribution >= 0.6 is 12.1 Å². The Kier molecular flexibility index (Phi) is 9.20. The molecule has 0 heterocycles. The molecule has 0 spiro atoms. The molecular formula is C12H21FN2O3S. The summed E-state index contributed by atoms with van der Waals surface area (Å²) in [4.78, 5) is 34.7. The fraction of sp³-hybridized carbons (Fsp3) is 0.750. The molecule has 5 nitrogen and oxygen atoms in total. The average Bonchev–Trinajstić information content (AvgIpc) is 2.38. The number of hydrogen-bond donors (Lipinski definition) is 1. The first-order chi connectivity index (χ1) is 8.92. The van der Waals surface area contributed by atoms with Crippen molar-refractivity contribution < 1.29 is 18.3 Å². The summed E-state index contributed by atoms with van der Waals surface area (Å²) in [6, 6.07) is 0. The number of hydrogen-bond acceptors (Lipinski definition) is 4. The van der Waals surface area contributed by atoms with E-state index >= 15 is 0 Å². The molecule has 1 unspecified atom stereocenters. The summed E-state index contributed by atoms with van der Waals surface area (Å²) in [5.41, 5.74) is 0. The predicted octanol–water partition coefficient (Wildman–Crippen LogP) is 1.18. The molecule has 0 aromatic carbocycles. The molecule has 1 atom stereocenters. The summed E-state index contributed by atoms with van der Waals surface area (Å²) < 4.78 is 12.5. The third kappa shape index (κ3) is 7.81. The van der Waals surface area contributed by atoms with Crippen LogP contribution in [0.25, 0.3) is 0 Å². The molecule has 110 valence electrons. The molecule has 1 N–H and O–H groups in total. The van der Waals surface area contributed by atoms with Crippen molar-refractivity contribution in [2.24, 2.45) is 5.92 Å². The van der Waals surface area contributed by atoms with Gasteiger partial charge in [-0.2, -0.15) is 3.89 Å². The van der Waals surface area contributed by atoms with Crippen molar-refractivity contribution in [2.75, 3.05) is 20.1 Å². The van der Waals surface area contributed by atoms with Crippen LogP contribution in [-0.2, 0) is 14.4 Å². The van der Waals surface area contributed by atoms with E-state index in [-0.39, 0.29) is 37.4 Å². The van der Waals surface area contributed by atoms with Gasteiger partial charge in [0, 0.05) is 33.0 Å². The Hall–Kier alpha value is -1.11. The molecule has 0 saturated carbocycles. The van der Waals surface area contributed by atoms with Crippen LogP contribution < -0.4 is 5.32 Å². The fourth-order valence-corrected chi connectivity index (χ4v) is 1.70. The van der Waals surface area contributed by atoms with E-state index in [1.165, 1.54) is 11.9 Å². The highest BCUT2D eigenvalue weighted by Gasteiger charge is 2.23. The summed E-state index contributed by atoms with van der Waals surface area (Å²) in [5.74, 6) is -0.257. The van der Waals surface area contributed by atoms with E-state index in [4.69, 9.17) is 0 Å². The van der Waals surface area contributed by atoms with Crippen LogP contribution in [0.1, 0.15) is 26.7 Å². The largest absolute Gasteiger partial charge is 0.356 e. The van der Waals surface area contributed by atoms with Crippen molar-refractivity contribution >= 4 is 30.2 Å². The molecule has 0 aliphatic carbocycles. The minimum absolute atomic E-state index is 0.144. The van der Waals surface area contributed by atoms with Gasteiger partial charge in [-0.3, -0.25) is 9.59 Å². The lowest BCUT2D eigenvalue weighted by Gasteiger charge is -2.20. The Morgan fingerprint density at radius 1 is 1.42 bits per heavy atom. The van der Waals surface area contributed by atoms with E-state index in [0.717, 1.165) is 0 Å². The van der Waals surface area contributed by atoms with Gasteiger partial charge in [0.15, 0.2) is 0 Å². The van der Waals surface area contributed by atoms with Crippen LogP contribution in [0.15, 0.2) is 0 Å². The zero-order valence-electron chi connectivity index (χ0n) is 11.5. The number of amides is 2. The van der Waals surface area contributed by atoms with E-state index in [9.17, 15) is 18.3 Å². The normalized spacial score (nSPS) is 12.1. The van der Waals surface area contributed by atoms with Gasteiger partial charge in [-0.1, -0.05) is 13.8 Å². The summed E-state index contributed by atoms with van der Waals surface area (Å²) >= 11 is -0.144. The molecule has 0 aliphatic heterocycles. The van der Waals surface area contributed by atoms with Gasteiger partial charge in [-0.25, -0.2) is 0 Å². The molecule has 7 heteroatoms. The highest BCUT2D eigenvalue weighted by molar-refractivity contribution is 7.95. The van der Waals surface area contributed by atoms with Gasteiger partial charge in [0.25, 0.3) is 0 Å². The summed E-state index contributed by atoms with van der Waals surface area (Å²) in [6.07, 6.45) is 0.516. The molecule has 2 amide bonds. The van der Waals surface area contributed by atoms with Crippen LogP contribution in [0.2, 0.25) is 0 Å². The molecule has 19 heavy (non-hydrogen) atoms. The van der Waals surface area contributed by atoms with Crippen molar-refractivity contribution in [1.82, 2.24) is 10.2 Å². The van der Waals surface area contributed by atoms with Crippen LogP contribution in [0, 0.1) is 5.92 Å². The maximum Gasteiger partial charge on any atom is 0.238 e. The Morgan fingerprint density at radius 3 is 2.53 bits per heavy atom. The second kappa shape index (κ2) is 9.77. The SMILES string of the molecule is CC(C)CNC(=O)CCN(C)C(=O)C(CC=O)SF. The second-order valence-corrected chi connectivity index (χ2v) is 5.44. The average molecular weight is 292 g/mol. The van der Waals surface area contributed by atoms with Gasteiger partial charge in [-0.15, -0.1) is 0 Å². The first-order valence-electron chi connectivity index (χ1n) is 6.15. The van der Waals surface area contributed by atoms with Crippen LogP contribution in [0.5, 0.6) is 0 Å². The zero-order valence-corrected chi connectivity index (χ0v) is 12.3. The molecule has 0 radical (unpaired) electrons. The van der Waals surface area contributed by atoms with Crippen LogP contribution in [0.4, 0.5) is 3.89 Å². The first kappa shape index (κ1) is 17.9. The van der Waals surface area contributed by atoms with E-state index in [1.54, 1.807) is 0 Å². The molecule has 0 saturated heterocycles. The quantitative estimate of drug-likeness (QED) is 0.648. The van der Waals surface area contributed by atoms with Gasteiger partial charge in [-0.05, 0) is 5.92 Å². The molecule has 0 bridgehead atoms. The number of aldehydes is 1. The van der Waals surface area contributed by atoms with Gasteiger partial charge in [0.2, 0.25) is 11.8 Å². The number of halogens is 1. The number of carbonyl (C=O) groups is 3. The van der Waals surface area contributed by atoms with Gasteiger partial charge >= 0.3 is 0 Å². The van der Waals surface area contributed by atoms with Gasteiger partial charge in [0.05, 0.1) is 12.1 Å². The number of carbonyl (C=O) groups excluding carboxylic acids is 3. The smallest absolute Gasteiger partial charge is 0.238 e. The van der Waals surface area contributed by atoms with Gasteiger partial charge < -0.3 is 15.0 Å². The maximum atomic E-state index is 12.5. The van der Waals surface area contributed by atoms with E-state index in [0.29, 0.717) is 18.7 Å². The molecule has 0 aromatic heterocycles. The second-order valence-electron chi connectivity index (χ2n) is 4.69. The van der Waals surface area contributed by atoms with Crippen molar-refractivity contribution in [3.05, 3.63) is 0 Å². The summed E-state index contributed by atoms with van der Waals surface area (Å²) in [5, 5.41) is 1.72. The van der Waals surface area contributed by atoms with Gasteiger partial charge in [0.1, 0.15) is 11.5 Å². The molecule has 0 aliphatic rings. The standard InChI is InChI=1S/C12H21FN2O3S/c1-9(2)8-14-11(17)4-6-15(3)12(18)10(19-13)5-7-16/h7,9-10H,4-6,8H2,1-3H3,(H,14,17). The summed E-state index contributed by atoms with van der Waals surface area (Å²) in [6.45, 7) is 4.76. The minimum atomic E-state index is -1.01. The Morgan fingerprint density at radius 2 is 2.05 bits per heavy atom. The highest BCUT2D eigenvalue weighted by atomic mass is 32.2. The zero-order chi connectivity index (χ0) is 14.8. The fourth-order valence-electron chi connectivity index (χ4n) is 1.29. The van der Waals surface area contributed by atoms with Crippen LogP contribution in [-0.4, -0.2) is 48.4 Å². The maximum absolute atomic E-state index is 12.5. The topological polar surface area (TPSA) is 66.5 Å². The molecule has 0 fully saturated rings. The number of rotatable bonds is 9. The highest BCUT2D eigenvalue weighted by Crippen LogP contribution is 2.16. The van der Waals surface area contributed by atoms with Crippen molar-refractivity contribution in [2.45, 2.75) is 31.9 Å².